The molecule has 0 saturated heterocycles. The van der Waals surface area contributed by atoms with Gasteiger partial charge >= 0.3 is 11.9 Å². The van der Waals surface area contributed by atoms with Gasteiger partial charge in [0.15, 0.2) is 0 Å². The predicted octanol–water partition coefficient (Wildman–Crippen LogP) is 6.04. The van der Waals surface area contributed by atoms with Crippen molar-refractivity contribution in [1.82, 2.24) is 0 Å². The Morgan fingerprint density at radius 1 is 1.00 bits per heavy atom. The summed E-state index contributed by atoms with van der Waals surface area (Å²) in [6.07, 6.45) is 9.40. The summed E-state index contributed by atoms with van der Waals surface area (Å²) < 4.78 is 5.83. The van der Waals surface area contributed by atoms with Crippen molar-refractivity contribution in [1.29, 1.82) is 0 Å². The average molecular weight is 473 g/mol. The Kier molecular flexibility index (Phi) is 5.23. The highest BCUT2D eigenvalue weighted by molar-refractivity contribution is 5.86. The minimum atomic E-state index is -0.766. The van der Waals surface area contributed by atoms with Crippen LogP contribution in [0.2, 0.25) is 0 Å². The molecule has 9 atom stereocenters. The maximum absolute atomic E-state index is 13.6. The zero-order valence-electron chi connectivity index (χ0n) is 22.0. The normalized spacial score (nSPS) is 49.2. The van der Waals surface area contributed by atoms with Crippen LogP contribution in [-0.4, -0.2) is 28.9 Å². The van der Waals surface area contributed by atoms with Crippen LogP contribution in [0.25, 0.3) is 0 Å². The quantitative estimate of drug-likeness (QED) is 0.494. The van der Waals surface area contributed by atoms with Crippen LogP contribution in [0.3, 0.4) is 0 Å². The zero-order chi connectivity index (χ0) is 24.9. The van der Waals surface area contributed by atoms with Gasteiger partial charge in [0.05, 0.1) is 0 Å². The molecular formula is C29H44O5. The Morgan fingerprint density at radius 3 is 2.29 bits per heavy atom. The number of carbonyl (C=O) groups is 3. The van der Waals surface area contributed by atoms with Crippen molar-refractivity contribution < 1.29 is 24.2 Å². The van der Waals surface area contributed by atoms with Crippen molar-refractivity contribution >= 4 is 17.7 Å². The summed E-state index contributed by atoms with van der Waals surface area (Å²) in [6.45, 7) is 13.1. The summed E-state index contributed by atoms with van der Waals surface area (Å²) in [6, 6.07) is 0. The maximum Gasteiger partial charge on any atom is 0.303 e. The molecule has 5 rings (SSSR count). The van der Waals surface area contributed by atoms with Crippen molar-refractivity contribution in [3.63, 3.8) is 0 Å². The molecule has 34 heavy (non-hydrogen) atoms. The number of ether oxygens (including phenoxy) is 1. The molecular weight excluding hydrogens is 428 g/mol. The van der Waals surface area contributed by atoms with Crippen molar-refractivity contribution in [2.24, 2.45) is 50.7 Å². The largest absolute Gasteiger partial charge is 0.481 e. The zero-order valence-corrected chi connectivity index (χ0v) is 22.0. The van der Waals surface area contributed by atoms with E-state index in [1.165, 1.54) is 19.8 Å². The minimum absolute atomic E-state index is 0.00414. The lowest BCUT2D eigenvalue weighted by atomic mass is 9.41. The van der Waals surface area contributed by atoms with E-state index in [0.717, 1.165) is 32.1 Å². The lowest BCUT2D eigenvalue weighted by Gasteiger charge is -2.63. The van der Waals surface area contributed by atoms with Gasteiger partial charge in [0, 0.05) is 31.1 Å². The molecule has 5 aliphatic rings. The van der Waals surface area contributed by atoms with Gasteiger partial charge in [-0.3, -0.25) is 14.4 Å². The van der Waals surface area contributed by atoms with Crippen LogP contribution in [0.4, 0.5) is 0 Å². The highest BCUT2D eigenvalue weighted by Crippen LogP contribution is 2.88. The van der Waals surface area contributed by atoms with E-state index in [0.29, 0.717) is 41.3 Å². The predicted molar refractivity (Wildman–Crippen MR) is 129 cm³/mol. The summed E-state index contributed by atoms with van der Waals surface area (Å²) in [7, 11) is 0. The van der Waals surface area contributed by atoms with Crippen LogP contribution in [0, 0.1) is 50.7 Å². The van der Waals surface area contributed by atoms with Gasteiger partial charge in [0.1, 0.15) is 11.9 Å². The van der Waals surface area contributed by atoms with Crippen LogP contribution >= 0.6 is 0 Å². The second kappa shape index (κ2) is 7.32. The molecule has 2 spiro atoms. The molecule has 0 bridgehead atoms. The Morgan fingerprint density at radius 2 is 1.65 bits per heavy atom. The first-order valence-electron chi connectivity index (χ1n) is 13.7. The number of esters is 1. The van der Waals surface area contributed by atoms with E-state index in [2.05, 4.69) is 34.6 Å². The average Bonchev–Trinajstić information content (AvgIpc) is 3.34. The number of hydrogen-bond acceptors (Lipinski definition) is 4. The first-order chi connectivity index (χ1) is 15.8. The lowest BCUT2D eigenvalue weighted by Crippen LogP contribution is -2.58. The Hall–Kier alpha value is -1.39. The third-order valence-corrected chi connectivity index (χ3v) is 12.6. The monoisotopic (exact) mass is 472 g/mol. The van der Waals surface area contributed by atoms with Crippen LogP contribution in [0.5, 0.6) is 0 Å². The Bertz CT molecular complexity index is 923. The van der Waals surface area contributed by atoms with Crippen LogP contribution in [-0.2, 0) is 19.1 Å². The molecule has 0 radical (unpaired) electrons. The van der Waals surface area contributed by atoms with E-state index in [1.54, 1.807) is 0 Å². The SMILES string of the molecule is CC(=O)O[C@H]1CC[C@]23C[C@]24CC[C@]2(C)C([C@H](C)CCC(=O)O)C(=O)C[C@@]2(C)C4CCC3C1(C)C. The number of hydrogen-bond donors (Lipinski definition) is 1. The van der Waals surface area contributed by atoms with Gasteiger partial charge in [-0.05, 0) is 90.8 Å². The van der Waals surface area contributed by atoms with E-state index >= 15 is 0 Å². The first kappa shape index (κ1) is 24.3. The number of ketones is 1. The van der Waals surface area contributed by atoms with Gasteiger partial charge in [-0.15, -0.1) is 0 Å². The highest BCUT2D eigenvalue weighted by atomic mass is 16.5. The molecule has 1 N–H and O–H groups in total. The van der Waals surface area contributed by atoms with Crippen molar-refractivity contribution in [2.75, 3.05) is 0 Å². The van der Waals surface area contributed by atoms with Crippen molar-refractivity contribution in [2.45, 2.75) is 112 Å². The van der Waals surface area contributed by atoms with E-state index in [4.69, 9.17) is 4.74 Å². The molecule has 5 aliphatic carbocycles. The van der Waals surface area contributed by atoms with Crippen LogP contribution in [0.15, 0.2) is 0 Å². The van der Waals surface area contributed by atoms with E-state index < -0.39 is 5.97 Å². The molecule has 0 aliphatic heterocycles. The summed E-state index contributed by atoms with van der Waals surface area (Å²) in [5.74, 6) is 0.696. The molecule has 0 heterocycles. The summed E-state index contributed by atoms with van der Waals surface area (Å²) in [5.41, 5.74) is 0.618. The molecule has 0 aromatic rings. The Balaban J connectivity index is 1.44. The summed E-state index contributed by atoms with van der Waals surface area (Å²) in [4.78, 5) is 36.6. The molecule has 0 aromatic carbocycles. The van der Waals surface area contributed by atoms with E-state index in [1.807, 2.05) is 0 Å². The maximum atomic E-state index is 13.6. The molecule has 5 heteroatoms. The topological polar surface area (TPSA) is 80.7 Å². The number of Topliss-reactive ketones (excluding diaryl/α,β-unsaturated/α-hetero) is 1. The fourth-order valence-corrected chi connectivity index (χ4v) is 11.1. The van der Waals surface area contributed by atoms with Crippen LogP contribution < -0.4 is 0 Å². The first-order valence-corrected chi connectivity index (χ1v) is 13.7. The molecule has 0 amide bonds. The van der Waals surface area contributed by atoms with Gasteiger partial charge in [-0.1, -0.05) is 34.6 Å². The molecule has 5 nitrogen and oxygen atoms in total. The lowest BCUT2D eigenvalue weighted by molar-refractivity contribution is -0.181. The highest BCUT2D eigenvalue weighted by Gasteiger charge is 2.83. The second-order valence-electron chi connectivity index (χ2n) is 14.0. The van der Waals surface area contributed by atoms with Crippen molar-refractivity contribution in [3.05, 3.63) is 0 Å². The van der Waals surface area contributed by atoms with Gasteiger partial charge in [-0.2, -0.15) is 0 Å². The van der Waals surface area contributed by atoms with Gasteiger partial charge in [-0.25, -0.2) is 0 Å². The summed E-state index contributed by atoms with van der Waals surface area (Å²) in [5, 5.41) is 9.22. The van der Waals surface area contributed by atoms with E-state index in [9.17, 15) is 19.5 Å². The third kappa shape index (κ3) is 2.88. The number of carbonyl (C=O) groups excluding carboxylic acids is 2. The number of fused-ring (bicyclic) bond motifs is 2. The standard InChI is InChI=1S/C29H44O5/c1-17(7-10-23(32)33)24-19(31)15-27(6)21-9-8-20-25(3,4)22(34-18(2)30)11-12-28(20)16-29(21,28)14-13-26(24,27)5/h17,20-22,24H,7-16H2,1-6H3,(H,32,33)/t17-,20?,21?,22+,24?,26-,27+,28-,29+/m1/s1. The van der Waals surface area contributed by atoms with Crippen molar-refractivity contribution in [3.8, 4) is 0 Å². The minimum Gasteiger partial charge on any atom is -0.481 e. The van der Waals surface area contributed by atoms with E-state index in [-0.39, 0.29) is 46.6 Å². The smallest absolute Gasteiger partial charge is 0.303 e. The molecule has 5 saturated carbocycles. The molecule has 190 valence electrons. The second-order valence-corrected chi connectivity index (χ2v) is 14.0. The summed E-state index contributed by atoms with van der Waals surface area (Å²) >= 11 is 0. The van der Waals surface area contributed by atoms with Gasteiger partial charge in [0.2, 0.25) is 0 Å². The fraction of sp³-hybridized carbons (Fsp3) is 0.897. The Labute approximate surface area is 204 Å². The number of carboxylic acids is 1. The van der Waals surface area contributed by atoms with Gasteiger partial charge < -0.3 is 9.84 Å². The number of carboxylic acid groups (broad SMARTS) is 1. The third-order valence-electron chi connectivity index (χ3n) is 12.6. The molecule has 5 fully saturated rings. The van der Waals surface area contributed by atoms with Crippen LogP contribution in [0.1, 0.15) is 106 Å². The molecule has 3 unspecified atom stereocenters. The molecule has 0 aromatic heterocycles. The fourth-order valence-electron chi connectivity index (χ4n) is 11.1. The number of aliphatic carboxylic acids is 1. The number of rotatable bonds is 5. The van der Waals surface area contributed by atoms with Gasteiger partial charge in [0.25, 0.3) is 0 Å².